The molecule has 0 amide bonds. The lowest BCUT2D eigenvalue weighted by atomic mass is 10.3. The van der Waals surface area contributed by atoms with Crippen LogP contribution in [0.15, 0.2) is 0 Å². The smallest absolute Gasteiger partial charge is 0.0828 e. The van der Waals surface area contributed by atoms with Crippen molar-refractivity contribution in [2.75, 3.05) is 26.4 Å². The first-order chi connectivity index (χ1) is 4.43. The zero-order valence-corrected chi connectivity index (χ0v) is 5.38. The molecule has 0 aromatic carbocycles. The summed E-state index contributed by atoms with van der Waals surface area (Å²) in [6.45, 7) is 2.11. The Labute approximate surface area is 54.6 Å². The van der Waals surface area contributed by atoms with Gasteiger partial charge >= 0.3 is 0 Å². The second kappa shape index (κ2) is 3.82. The monoisotopic (exact) mass is 132 g/mol. The number of rotatable bonds is 1. The normalized spacial score (nSPS) is 29.7. The molecule has 1 atom stereocenters. The van der Waals surface area contributed by atoms with Crippen LogP contribution in [0.3, 0.4) is 0 Å². The Morgan fingerprint density at radius 3 is 3.00 bits per heavy atom. The van der Waals surface area contributed by atoms with Crippen LogP contribution < -0.4 is 0 Å². The molecule has 1 saturated heterocycles. The predicted molar refractivity (Wildman–Crippen MR) is 32.3 cm³/mol. The lowest BCUT2D eigenvalue weighted by Crippen LogP contribution is -2.17. The van der Waals surface area contributed by atoms with E-state index in [1.54, 1.807) is 0 Å². The molecule has 1 unspecified atom stereocenters. The Hall–Kier alpha value is -0.120. The number of aliphatic hydroxyl groups is 1. The van der Waals surface area contributed by atoms with Gasteiger partial charge in [-0.15, -0.1) is 0 Å². The second-order valence-electron chi connectivity index (χ2n) is 2.08. The van der Waals surface area contributed by atoms with Gasteiger partial charge in [-0.05, 0) is 6.42 Å². The molecule has 1 aliphatic rings. The quantitative estimate of drug-likeness (QED) is 0.536. The van der Waals surface area contributed by atoms with Crippen molar-refractivity contribution in [2.45, 2.75) is 12.5 Å². The van der Waals surface area contributed by atoms with Crippen LogP contribution in [0.4, 0.5) is 0 Å². The van der Waals surface area contributed by atoms with Crippen LogP contribution in [-0.4, -0.2) is 37.6 Å². The van der Waals surface area contributed by atoms with Crippen LogP contribution in [0.25, 0.3) is 0 Å². The molecule has 1 aliphatic heterocycles. The van der Waals surface area contributed by atoms with Gasteiger partial charge in [0.1, 0.15) is 0 Å². The lowest BCUT2D eigenvalue weighted by Gasteiger charge is -2.08. The molecule has 1 heterocycles. The highest BCUT2D eigenvalue weighted by Crippen LogP contribution is 2.01. The average molecular weight is 132 g/mol. The molecule has 1 fully saturated rings. The van der Waals surface area contributed by atoms with Gasteiger partial charge < -0.3 is 14.6 Å². The summed E-state index contributed by atoms with van der Waals surface area (Å²) < 4.78 is 10.3. The minimum absolute atomic E-state index is 0.00694. The first kappa shape index (κ1) is 6.99. The summed E-state index contributed by atoms with van der Waals surface area (Å²) in [7, 11) is 0. The molecule has 9 heavy (non-hydrogen) atoms. The maximum absolute atomic E-state index is 8.64. The van der Waals surface area contributed by atoms with Crippen molar-refractivity contribution in [1.82, 2.24) is 0 Å². The summed E-state index contributed by atoms with van der Waals surface area (Å²) in [6.07, 6.45) is 0.823. The Morgan fingerprint density at radius 1 is 1.33 bits per heavy atom. The van der Waals surface area contributed by atoms with Crippen molar-refractivity contribution in [3.8, 4) is 0 Å². The van der Waals surface area contributed by atoms with Crippen LogP contribution in [0.1, 0.15) is 6.42 Å². The number of aliphatic hydroxyl groups excluding tert-OH is 1. The molecule has 0 aromatic rings. The number of hydrogen-bond donors (Lipinski definition) is 1. The average Bonchev–Trinajstić information content (AvgIpc) is 2.13. The third-order valence-corrected chi connectivity index (χ3v) is 1.37. The van der Waals surface area contributed by atoms with E-state index < -0.39 is 0 Å². The molecule has 0 bridgehead atoms. The SMILES string of the molecule is OCC1CCOCCO1. The lowest BCUT2D eigenvalue weighted by molar-refractivity contribution is 0.0181. The summed E-state index contributed by atoms with van der Waals surface area (Å²) in [5.74, 6) is 0. The van der Waals surface area contributed by atoms with E-state index in [0.717, 1.165) is 6.42 Å². The van der Waals surface area contributed by atoms with E-state index in [2.05, 4.69) is 0 Å². The van der Waals surface area contributed by atoms with Crippen LogP contribution >= 0.6 is 0 Å². The van der Waals surface area contributed by atoms with Gasteiger partial charge in [0.25, 0.3) is 0 Å². The summed E-state index contributed by atoms with van der Waals surface area (Å²) in [4.78, 5) is 0. The van der Waals surface area contributed by atoms with Gasteiger partial charge in [-0.3, -0.25) is 0 Å². The summed E-state index contributed by atoms with van der Waals surface area (Å²) >= 11 is 0. The van der Waals surface area contributed by atoms with E-state index in [-0.39, 0.29) is 12.7 Å². The highest BCUT2D eigenvalue weighted by molar-refractivity contribution is 4.57. The fraction of sp³-hybridized carbons (Fsp3) is 1.00. The third-order valence-electron chi connectivity index (χ3n) is 1.37. The van der Waals surface area contributed by atoms with E-state index in [4.69, 9.17) is 14.6 Å². The van der Waals surface area contributed by atoms with Gasteiger partial charge in [0.15, 0.2) is 0 Å². The maximum Gasteiger partial charge on any atom is 0.0828 e. The molecule has 0 saturated carbocycles. The molecule has 1 N–H and O–H groups in total. The van der Waals surface area contributed by atoms with Crippen LogP contribution in [0.5, 0.6) is 0 Å². The highest BCUT2D eigenvalue weighted by Gasteiger charge is 2.10. The van der Waals surface area contributed by atoms with Crippen molar-refractivity contribution >= 4 is 0 Å². The third kappa shape index (κ3) is 2.30. The molecule has 1 rings (SSSR count). The number of hydrogen-bond acceptors (Lipinski definition) is 3. The van der Waals surface area contributed by atoms with E-state index in [9.17, 15) is 0 Å². The molecular weight excluding hydrogens is 120 g/mol. The molecule has 0 aliphatic carbocycles. The topological polar surface area (TPSA) is 38.7 Å². The Kier molecular flexibility index (Phi) is 2.97. The van der Waals surface area contributed by atoms with Crippen LogP contribution in [0, 0.1) is 0 Å². The first-order valence-electron chi connectivity index (χ1n) is 3.23. The van der Waals surface area contributed by atoms with Crippen molar-refractivity contribution in [1.29, 1.82) is 0 Å². The van der Waals surface area contributed by atoms with Crippen molar-refractivity contribution in [3.05, 3.63) is 0 Å². The van der Waals surface area contributed by atoms with Crippen LogP contribution in [0.2, 0.25) is 0 Å². The van der Waals surface area contributed by atoms with Gasteiger partial charge in [-0.1, -0.05) is 0 Å². The van der Waals surface area contributed by atoms with Crippen LogP contribution in [-0.2, 0) is 9.47 Å². The van der Waals surface area contributed by atoms with Crippen molar-refractivity contribution < 1.29 is 14.6 Å². The summed E-state index contributed by atoms with van der Waals surface area (Å²) in [5.41, 5.74) is 0. The van der Waals surface area contributed by atoms with Gasteiger partial charge in [-0.25, -0.2) is 0 Å². The molecule has 3 nitrogen and oxygen atoms in total. The van der Waals surface area contributed by atoms with E-state index in [1.165, 1.54) is 0 Å². The molecule has 0 spiro atoms. The van der Waals surface area contributed by atoms with Gasteiger partial charge in [0, 0.05) is 6.61 Å². The number of ether oxygens (including phenoxy) is 2. The largest absolute Gasteiger partial charge is 0.394 e. The zero-order valence-electron chi connectivity index (χ0n) is 5.38. The zero-order chi connectivity index (χ0) is 6.53. The van der Waals surface area contributed by atoms with Crippen molar-refractivity contribution in [2.24, 2.45) is 0 Å². The molecular formula is C6H12O3. The first-order valence-corrected chi connectivity index (χ1v) is 3.23. The minimum atomic E-state index is 0.00694. The molecule has 3 heteroatoms. The van der Waals surface area contributed by atoms with E-state index in [0.29, 0.717) is 19.8 Å². The Morgan fingerprint density at radius 2 is 2.22 bits per heavy atom. The Balaban J connectivity index is 2.18. The molecule has 54 valence electrons. The Bertz CT molecular complexity index is 66.7. The molecule has 0 aromatic heterocycles. The van der Waals surface area contributed by atoms with Gasteiger partial charge in [-0.2, -0.15) is 0 Å². The second-order valence-corrected chi connectivity index (χ2v) is 2.08. The van der Waals surface area contributed by atoms with E-state index in [1.807, 2.05) is 0 Å². The van der Waals surface area contributed by atoms with E-state index >= 15 is 0 Å². The van der Waals surface area contributed by atoms with Crippen molar-refractivity contribution in [3.63, 3.8) is 0 Å². The fourth-order valence-electron chi connectivity index (χ4n) is 0.818. The summed E-state index contributed by atoms with van der Waals surface area (Å²) in [5, 5.41) is 8.64. The molecule has 0 radical (unpaired) electrons. The highest BCUT2D eigenvalue weighted by atomic mass is 16.5. The van der Waals surface area contributed by atoms with Gasteiger partial charge in [0.2, 0.25) is 0 Å². The summed E-state index contributed by atoms with van der Waals surface area (Å²) in [6, 6.07) is 0. The standard InChI is InChI=1S/C6H12O3/c7-5-6-1-2-8-3-4-9-6/h6-7H,1-5H2. The van der Waals surface area contributed by atoms with Gasteiger partial charge in [0.05, 0.1) is 25.9 Å². The minimum Gasteiger partial charge on any atom is -0.394 e. The maximum atomic E-state index is 8.64. The fourth-order valence-corrected chi connectivity index (χ4v) is 0.818. The predicted octanol–water partition coefficient (Wildman–Crippen LogP) is -0.216.